The van der Waals surface area contributed by atoms with Gasteiger partial charge in [-0.05, 0) is 49.2 Å². The van der Waals surface area contributed by atoms with Crippen LogP contribution in [0.15, 0.2) is 63.9 Å². The maximum Gasteiger partial charge on any atom is 0.346 e. The minimum atomic E-state index is -0.369. The van der Waals surface area contributed by atoms with E-state index in [9.17, 15) is 4.79 Å². The van der Waals surface area contributed by atoms with E-state index >= 15 is 0 Å². The molecule has 1 N–H and O–H groups in total. The first kappa shape index (κ1) is 15.6. The topological polar surface area (TPSA) is 55.1 Å². The normalized spacial score (nSPS) is 11.0. The van der Waals surface area contributed by atoms with Gasteiger partial charge in [-0.15, -0.1) is 0 Å². The number of aromatic nitrogens is 1. The van der Waals surface area contributed by atoms with E-state index in [1.165, 1.54) is 22.5 Å². The van der Waals surface area contributed by atoms with Crippen LogP contribution in [0, 0.1) is 13.8 Å². The zero-order valence-electron chi connectivity index (χ0n) is 13.9. The third-order valence-electron chi connectivity index (χ3n) is 3.87. The van der Waals surface area contributed by atoms with E-state index in [-0.39, 0.29) is 5.63 Å². The molecular formula is C20H16N2O2S. The van der Waals surface area contributed by atoms with Crippen molar-refractivity contribution in [1.82, 2.24) is 4.98 Å². The van der Waals surface area contributed by atoms with E-state index in [4.69, 9.17) is 4.42 Å². The summed E-state index contributed by atoms with van der Waals surface area (Å²) in [4.78, 5) is 16.7. The second kappa shape index (κ2) is 6.18. The van der Waals surface area contributed by atoms with Crippen LogP contribution in [0.1, 0.15) is 11.1 Å². The third-order valence-corrected chi connectivity index (χ3v) is 4.81. The quantitative estimate of drug-likeness (QED) is 0.512. The highest BCUT2D eigenvalue weighted by atomic mass is 32.1. The van der Waals surface area contributed by atoms with Crippen molar-refractivity contribution < 1.29 is 4.42 Å². The fourth-order valence-corrected chi connectivity index (χ4v) is 3.70. The number of hydrogen-bond donors (Lipinski definition) is 1. The molecule has 0 spiro atoms. The Morgan fingerprint density at radius 3 is 2.60 bits per heavy atom. The molecule has 0 unspecified atom stereocenters. The summed E-state index contributed by atoms with van der Waals surface area (Å²) in [5.41, 5.74) is 4.10. The van der Waals surface area contributed by atoms with Crippen LogP contribution in [0.5, 0.6) is 0 Å². The van der Waals surface area contributed by atoms with Crippen LogP contribution in [-0.2, 0) is 0 Å². The fraction of sp³-hybridized carbons (Fsp3) is 0.100. The predicted molar refractivity (Wildman–Crippen MR) is 103 cm³/mol. The Morgan fingerprint density at radius 2 is 1.80 bits per heavy atom. The summed E-state index contributed by atoms with van der Waals surface area (Å²) in [7, 11) is 0. The largest absolute Gasteiger partial charge is 0.422 e. The number of anilines is 2. The molecule has 0 aliphatic heterocycles. The van der Waals surface area contributed by atoms with Crippen LogP contribution in [0.3, 0.4) is 0 Å². The Morgan fingerprint density at radius 1 is 1.04 bits per heavy atom. The molecule has 4 aromatic rings. The Kier molecular flexibility index (Phi) is 3.86. The molecule has 4 nitrogen and oxygen atoms in total. The number of thiazole rings is 1. The minimum Gasteiger partial charge on any atom is -0.422 e. The van der Waals surface area contributed by atoms with Gasteiger partial charge >= 0.3 is 5.63 Å². The maximum atomic E-state index is 12.3. The minimum absolute atomic E-state index is 0.369. The van der Waals surface area contributed by atoms with Crippen LogP contribution in [-0.4, -0.2) is 4.98 Å². The van der Waals surface area contributed by atoms with Crippen molar-refractivity contribution >= 4 is 33.0 Å². The zero-order valence-corrected chi connectivity index (χ0v) is 14.7. The second-order valence-corrected chi connectivity index (χ2v) is 7.05. The average Bonchev–Trinajstić information content (AvgIpc) is 3.01. The van der Waals surface area contributed by atoms with Gasteiger partial charge in [-0.25, -0.2) is 9.78 Å². The molecule has 0 amide bonds. The molecule has 25 heavy (non-hydrogen) atoms. The first-order valence-electron chi connectivity index (χ1n) is 7.93. The van der Waals surface area contributed by atoms with Crippen molar-refractivity contribution in [2.24, 2.45) is 0 Å². The van der Waals surface area contributed by atoms with Crippen LogP contribution < -0.4 is 10.9 Å². The molecule has 124 valence electrons. The Balaban J connectivity index is 1.69. The molecule has 4 rings (SSSR count). The number of hydrogen-bond acceptors (Lipinski definition) is 5. The molecule has 2 aromatic carbocycles. The zero-order chi connectivity index (χ0) is 17.4. The molecular weight excluding hydrogens is 332 g/mol. The monoisotopic (exact) mass is 348 g/mol. The molecule has 0 aliphatic carbocycles. The van der Waals surface area contributed by atoms with E-state index in [0.717, 1.165) is 16.1 Å². The molecule has 5 heteroatoms. The lowest BCUT2D eigenvalue weighted by Crippen LogP contribution is -2.02. The number of nitrogens with one attached hydrogen (secondary N) is 1. The first-order chi connectivity index (χ1) is 12.1. The molecule has 2 heterocycles. The third kappa shape index (κ3) is 3.19. The van der Waals surface area contributed by atoms with Gasteiger partial charge < -0.3 is 9.73 Å². The maximum absolute atomic E-state index is 12.3. The van der Waals surface area contributed by atoms with Crippen LogP contribution in [0.25, 0.3) is 21.5 Å². The average molecular weight is 348 g/mol. The molecule has 0 saturated heterocycles. The summed E-state index contributed by atoms with van der Waals surface area (Å²) in [6.45, 7) is 4.13. The van der Waals surface area contributed by atoms with Crippen molar-refractivity contribution in [3.05, 3.63) is 76.3 Å². The lowest BCUT2D eigenvalue weighted by Gasteiger charge is -2.05. The lowest BCUT2D eigenvalue weighted by atomic mass is 10.1. The van der Waals surface area contributed by atoms with Gasteiger partial charge in [0.05, 0.1) is 11.8 Å². The summed E-state index contributed by atoms with van der Waals surface area (Å²) in [5, 5.41) is 5.77. The number of para-hydroxylation sites is 1. The van der Waals surface area contributed by atoms with Crippen LogP contribution >= 0.6 is 11.3 Å². The standard InChI is InChI=1S/C20H16N2O2S/c1-12-7-13(2)9-15(8-12)22-18-11-21-19(25-18)16-10-14-5-3-4-6-17(14)24-20(16)23/h3-11,22H,1-2H3. The van der Waals surface area contributed by atoms with E-state index in [0.29, 0.717) is 16.2 Å². The van der Waals surface area contributed by atoms with Gasteiger partial charge in [0.25, 0.3) is 0 Å². The molecule has 0 atom stereocenters. The predicted octanol–water partition coefficient (Wildman–Crippen LogP) is 5.28. The molecule has 0 fully saturated rings. The molecule has 0 aliphatic rings. The van der Waals surface area contributed by atoms with E-state index < -0.39 is 0 Å². The van der Waals surface area contributed by atoms with E-state index in [2.05, 4.69) is 42.3 Å². The van der Waals surface area contributed by atoms with Crippen molar-refractivity contribution in [1.29, 1.82) is 0 Å². The summed E-state index contributed by atoms with van der Waals surface area (Å²) in [6, 6.07) is 15.6. The highest BCUT2D eigenvalue weighted by molar-refractivity contribution is 7.19. The van der Waals surface area contributed by atoms with Gasteiger partial charge in [-0.2, -0.15) is 0 Å². The van der Waals surface area contributed by atoms with Crippen molar-refractivity contribution in [2.75, 3.05) is 5.32 Å². The number of fused-ring (bicyclic) bond motifs is 1. The molecule has 0 radical (unpaired) electrons. The Hall–Kier alpha value is -2.92. The van der Waals surface area contributed by atoms with Gasteiger partial charge in [-0.3, -0.25) is 0 Å². The van der Waals surface area contributed by atoms with Crippen molar-refractivity contribution in [3.63, 3.8) is 0 Å². The Bertz CT molecular complexity index is 1110. The SMILES string of the molecule is Cc1cc(C)cc(Nc2cnc(-c3cc4ccccc4oc3=O)s2)c1. The fourth-order valence-electron chi connectivity index (χ4n) is 2.86. The second-order valence-electron chi connectivity index (χ2n) is 6.02. The summed E-state index contributed by atoms with van der Waals surface area (Å²) < 4.78 is 5.40. The van der Waals surface area contributed by atoms with Gasteiger partial charge in [0.2, 0.25) is 0 Å². The summed E-state index contributed by atoms with van der Waals surface area (Å²) in [5.74, 6) is 0. The number of aryl methyl sites for hydroxylation is 2. The number of nitrogens with zero attached hydrogens (tertiary/aromatic N) is 1. The van der Waals surface area contributed by atoms with Gasteiger partial charge in [0.15, 0.2) is 0 Å². The molecule has 2 aromatic heterocycles. The highest BCUT2D eigenvalue weighted by Crippen LogP contribution is 2.30. The Labute approximate surface area is 148 Å². The highest BCUT2D eigenvalue weighted by Gasteiger charge is 2.12. The smallest absolute Gasteiger partial charge is 0.346 e. The lowest BCUT2D eigenvalue weighted by molar-refractivity contribution is 0.563. The first-order valence-corrected chi connectivity index (χ1v) is 8.74. The van der Waals surface area contributed by atoms with Gasteiger partial charge in [0.1, 0.15) is 15.6 Å². The van der Waals surface area contributed by atoms with Crippen molar-refractivity contribution in [2.45, 2.75) is 13.8 Å². The van der Waals surface area contributed by atoms with Crippen molar-refractivity contribution in [3.8, 4) is 10.6 Å². The van der Waals surface area contributed by atoms with Crippen LogP contribution in [0.2, 0.25) is 0 Å². The van der Waals surface area contributed by atoms with E-state index in [1.807, 2.05) is 24.3 Å². The van der Waals surface area contributed by atoms with Gasteiger partial charge in [0, 0.05) is 11.1 Å². The summed E-state index contributed by atoms with van der Waals surface area (Å²) in [6.07, 6.45) is 1.74. The number of rotatable bonds is 3. The molecule has 0 bridgehead atoms. The van der Waals surface area contributed by atoms with Crippen LogP contribution in [0.4, 0.5) is 10.7 Å². The summed E-state index contributed by atoms with van der Waals surface area (Å²) >= 11 is 1.43. The molecule has 0 saturated carbocycles. The number of benzene rings is 2. The van der Waals surface area contributed by atoms with Gasteiger partial charge in [-0.1, -0.05) is 35.6 Å². The van der Waals surface area contributed by atoms with E-state index in [1.54, 1.807) is 12.3 Å².